The number of carbonyl (C=O) groups excluding carboxylic acids is 1. The van der Waals surface area contributed by atoms with Gasteiger partial charge in [0.1, 0.15) is 6.07 Å². The number of pyridine rings is 1. The predicted molar refractivity (Wildman–Crippen MR) is 139 cm³/mol. The number of hydrogen-bond acceptors (Lipinski definition) is 5. The van der Waals surface area contributed by atoms with Gasteiger partial charge in [-0.15, -0.1) is 0 Å². The summed E-state index contributed by atoms with van der Waals surface area (Å²) in [6.45, 7) is 0. The molecule has 6 nitrogen and oxygen atoms in total. The smallest absolute Gasteiger partial charge is 0.426 e. The highest BCUT2D eigenvalue weighted by molar-refractivity contribution is 6.43. The molecule has 0 aliphatic rings. The van der Waals surface area contributed by atoms with Gasteiger partial charge in [-0.25, -0.2) is 0 Å². The molecule has 0 aliphatic carbocycles. The fraction of sp³-hybridized carbons (Fsp3) is 0.192. The van der Waals surface area contributed by atoms with Crippen molar-refractivity contribution in [2.75, 3.05) is 0 Å². The average molecular weight is 508 g/mol. The first-order valence-corrected chi connectivity index (χ1v) is 11.8. The standard InChI is InChI=1S/C26H24BCl2N3O3/c28-22-13-12-19(16-20(17-30)23-10-4-5-14-31-23)26(29)21(22)9-6-11-25(33)32-24(27(34)35)15-18-7-2-1-3-8-18/h1-5,7-8,10,12-14,16,24,34-35H,6,9,11,15H2,(H,32,33)/t24-/m0/s1. The van der Waals surface area contributed by atoms with Gasteiger partial charge >= 0.3 is 7.12 Å². The molecule has 0 fully saturated rings. The summed E-state index contributed by atoms with van der Waals surface area (Å²) in [6, 6.07) is 20.2. The lowest BCUT2D eigenvalue weighted by molar-refractivity contribution is -0.121. The molecule has 1 aromatic heterocycles. The molecule has 0 radical (unpaired) electrons. The monoisotopic (exact) mass is 507 g/mol. The Labute approximate surface area is 215 Å². The molecule has 1 heterocycles. The third kappa shape index (κ3) is 7.68. The third-order valence-electron chi connectivity index (χ3n) is 5.41. The van der Waals surface area contributed by atoms with Gasteiger partial charge in [-0.05, 0) is 60.2 Å². The van der Waals surface area contributed by atoms with E-state index in [0.717, 1.165) is 5.56 Å². The Bertz CT molecular complexity index is 1220. The van der Waals surface area contributed by atoms with Crippen molar-refractivity contribution in [2.45, 2.75) is 31.6 Å². The highest BCUT2D eigenvalue weighted by Crippen LogP contribution is 2.32. The maximum absolute atomic E-state index is 12.5. The molecule has 0 spiro atoms. The van der Waals surface area contributed by atoms with E-state index in [0.29, 0.717) is 51.7 Å². The molecular weight excluding hydrogens is 484 g/mol. The highest BCUT2D eigenvalue weighted by Gasteiger charge is 2.25. The van der Waals surface area contributed by atoms with Gasteiger partial charge in [-0.2, -0.15) is 5.26 Å². The molecule has 3 N–H and O–H groups in total. The molecule has 2 aromatic carbocycles. The summed E-state index contributed by atoms with van der Waals surface area (Å²) >= 11 is 13.0. The average Bonchev–Trinajstić information content (AvgIpc) is 2.86. The lowest BCUT2D eigenvalue weighted by Gasteiger charge is -2.18. The Morgan fingerprint density at radius 1 is 1.11 bits per heavy atom. The number of amides is 1. The van der Waals surface area contributed by atoms with Crippen molar-refractivity contribution in [3.05, 3.63) is 99.3 Å². The Kier molecular flexibility index (Phi) is 9.89. The van der Waals surface area contributed by atoms with Crippen molar-refractivity contribution in [3.63, 3.8) is 0 Å². The van der Waals surface area contributed by atoms with Crippen LogP contribution in [-0.4, -0.2) is 34.0 Å². The van der Waals surface area contributed by atoms with Gasteiger partial charge in [-0.3, -0.25) is 9.78 Å². The number of halogens is 2. The number of nitrogens with one attached hydrogen (secondary N) is 1. The van der Waals surface area contributed by atoms with E-state index in [1.807, 2.05) is 30.3 Å². The van der Waals surface area contributed by atoms with Crippen molar-refractivity contribution < 1.29 is 14.8 Å². The molecule has 0 aliphatic heterocycles. The number of rotatable bonds is 10. The van der Waals surface area contributed by atoms with Gasteiger partial charge in [0.05, 0.1) is 22.2 Å². The van der Waals surface area contributed by atoms with E-state index in [2.05, 4.69) is 16.4 Å². The van der Waals surface area contributed by atoms with E-state index >= 15 is 0 Å². The van der Waals surface area contributed by atoms with Crippen molar-refractivity contribution >= 4 is 47.9 Å². The summed E-state index contributed by atoms with van der Waals surface area (Å²) in [5, 5.41) is 32.5. The van der Waals surface area contributed by atoms with Crippen LogP contribution in [0.25, 0.3) is 11.6 Å². The highest BCUT2D eigenvalue weighted by atomic mass is 35.5. The molecule has 1 atom stereocenters. The minimum atomic E-state index is -1.68. The summed E-state index contributed by atoms with van der Waals surface area (Å²) in [5.41, 5.74) is 3.10. The van der Waals surface area contributed by atoms with E-state index in [9.17, 15) is 20.1 Å². The first kappa shape index (κ1) is 26.5. The Morgan fingerprint density at radius 3 is 2.51 bits per heavy atom. The van der Waals surface area contributed by atoms with Gasteiger partial charge in [0.25, 0.3) is 0 Å². The molecule has 1 amide bonds. The van der Waals surface area contributed by atoms with Crippen LogP contribution in [0.15, 0.2) is 66.9 Å². The Balaban J connectivity index is 1.65. The van der Waals surface area contributed by atoms with Crippen LogP contribution in [0.2, 0.25) is 10.0 Å². The number of nitriles is 1. The van der Waals surface area contributed by atoms with Crippen molar-refractivity contribution in [3.8, 4) is 6.07 Å². The molecule has 35 heavy (non-hydrogen) atoms. The summed E-state index contributed by atoms with van der Waals surface area (Å²) in [5.74, 6) is -1.12. The number of benzene rings is 2. The van der Waals surface area contributed by atoms with E-state index in [1.54, 1.807) is 42.6 Å². The second-order valence-corrected chi connectivity index (χ2v) is 8.73. The zero-order valence-electron chi connectivity index (χ0n) is 18.9. The van der Waals surface area contributed by atoms with Crippen LogP contribution in [0.5, 0.6) is 0 Å². The van der Waals surface area contributed by atoms with Crippen LogP contribution in [-0.2, 0) is 17.6 Å². The number of hydrogen-bond donors (Lipinski definition) is 3. The van der Waals surface area contributed by atoms with Gasteiger partial charge in [-0.1, -0.05) is 65.7 Å². The topological polar surface area (TPSA) is 106 Å². The maximum Gasteiger partial charge on any atom is 0.475 e. The first-order chi connectivity index (χ1) is 16.9. The van der Waals surface area contributed by atoms with Crippen LogP contribution >= 0.6 is 23.2 Å². The number of allylic oxidation sites excluding steroid dienone is 1. The SMILES string of the molecule is N#CC(=Cc1ccc(Cl)c(CCCC(=O)N[C@@H](Cc2ccccc2)B(O)O)c1Cl)c1ccccn1. The van der Waals surface area contributed by atoms with Gasteiger partial charge in [0.2, 0.25) is 5.91 Å². The summed E-state index contributed by atoms with van der Waals surface area (Å²) in [6.07, 6.45) is 4.61. The molecule has 3 rings (SSSR count). The van der Waals surface area contributed by atoms with Crippen LogP contribution in [0.1, 0.15) is 35.2 Å². The normalized spacial score (nSPS) is 12.0. The van der Waals surface area contributed by atoms with E-state index in [-0.39, 0.29) is 12.3 Å². The molecule has 3 aromatic rings. The summed E-state index contributed by atoms with van der Waals surface area (Å²) in [7, 11) is -1.68. The minimum Gasteiger partial charge on any atom is -0.426 e. The fourth-order valence-corrected chi connectivity index (χ4v) is 4.22. The molecule has 9 heteroatoms. The van der Waals surface area contributed by atoms with Gasteiger partial charge in [0, 0.05) is 17.6 Å². The second kappa shape index (κ2) is 13.1. The van der Waals surface area contributed by atoms with Crippen LogP contribution < -0.4 is 5.32 Å². The Hall–Kier alpha value is -3.15. The van der Waals surface area contributed by atoms with E-state index < -0.39 is 13.1 Å². The predicted octanol–water partition coefficient (Wildman–Crippen LogP) is 4.51. The van der Waals surface area contributed by atoms with E-state index in [1.165, 1.54) is 0 Å². The molecular formula is C26H24BCl2N3O3. The number of nitrogens with zero attached hydrogens (tertiary/aromatic N) is 2. The molecule has 0 saturated carbocycles. The minimum absolute atomic E-state index is 0.155. The van der Waals surface area contributed by atoms with Crippen molar-refractivity contribution in [2.24, 2.45) is 0 Å². The van der Waals surface area contributed by atoms with Gasteiger partial charge in [0.15, 0.2) is 0 Å². The summed E-state index contributed by atoms with van der Waals surface area (Å²) in [4.78, 5) is 16.7. The van der Waals surface area contributed by atoms with Crippen LogP contribution in [0, 0.1) is 11.3 Å². The number of aromatic nitrogens is 1. The largest absolute Gasteiger partial charge is 0.475 e. The maximum atomic E-state index is 12.5. The van der Waals surface area contributed by atoms with E-state index in [4.69, 9.17) is 23.2 Å². The summed E-state index contributed by atoms with van der Waals surface area (Å²) < 4.78 is 0. The molecule has 0 saturated heterocycles. The molecule has 178 valence electrons. The quantitative estimate of drug-likeness (QED) is 0.276. The lowest BCUT2D eigenvalue weighted by atomic mass is 9.76. The van der Waals surface area contributed by atoms with Crippen LogP contribution in [0.4, 0.5) is 0 Å². The molecule has 0 unspecified atom stereocenters. The molecule has 0 bridgehead atoms. The van der Waals surface area contributed by atoms with Crippen LogP contribution in [0.3, 0.4) is 0 Å². The van der Waals surface area contributed by atoms with Crippen molar-refractivity contribution in [1.82, 2.24) is 10.3 Å². The fourth-order valence-electron chi connectivity index (χ4n) is 3.60. The Morgan fingerprint density at radius 2 is 1.86 bits per heavy atom. The zero-order chi connectivity index (χ0) is 25.2. The first-order valence-electron chi connectivity index (χ1n) is 11.1. The second-order valence-electron chi connectivity index (χ2n) is 7.94. The van der Waals surface area contributed by atoms with Crippen molar-refractivity contribution in [1.29, 1.82) is 5.26 Å². The zero-order valence-corrected chi connectivity index (χ0v) is 20.4. The number of carbonyl (C=O) groups is 1. The lowest BCUT2D eigenvalue weighted by Crippen LogP contribution is -2.47. The third-order valence-corrected chi connectivity index (χ3v) is 6.21. The van der Waals surface area contributed by atoms with Gasteiger partial charge < -0.3 is 15.4 Å².